The van der Waals surface area contributed by atoms with E-state index in [9.17, 15) is 9.90 Å². The van der Waals surface area contributed by atoms with E-state index in [1.807, 2.05) is 26.0 Å². The summed E-state index contributed by atoms with van der Waals surface area (Å²) in [5.74, 6) is 0.325. The molecule has 4 N–H and O–H groups in total. The van der Waals surface area contributed by atoms with Gasteiger partial charge in [0, 0.05) is 12.0 Å². The van der Waals surface area contributed by atoms with Crippen LogP contribution < -0.4 is 11.1 Å². The van der Waals surface area contributed by atoms with E-state index in [2.05, 4.69) is 5.32 Å². The summed E-state index contributed by atoms with van der Waals surface area (Å²) in [6.07, 6.45) is 2.48. The Hall–Kier alpha value is -1.55. The largest absolute Gasteiger partial charge is 0.508 e. The van der Waals surface area contributed by atoms with Crippen molar-refractivity contribution in [3.05, 3.63) is 29.8 Å². The fourth-order valence-corrected chi connectivity index (χ4v) is 1.88. The topological polar surface area (TPSA) is 75.3 Å². The number of carbonyl (C=O) groups excluding carboxylic acids is 1. The number of amides is 1. The first-order valence-corrected chi connectivity index (χ1v) is 6.81. The standard InChI is InChI=1S/C15H24N2O2/c1-11(9-10-16)15(19)17-12(2)3-4-13-5-7-14(18)8-6-13/h5-8,11-12,18H,3-4,9-10,16H2,1-2H3,(H,17,19). The Labute approximate surface area is 115 Å². The van der Waals surface area contributed by atoms with Crippen molar-refractivity contribution < 1.29 is 9.90 Å². The normalized spacial score (nSPS) is 13.8. The molecule has 0 aromatic heterocycles. The Bertz CT molecular complexity index is 390. The summed E-state index contributed by atoms with van der Waals surface area (Å²) in [7, 11) is 0. The second-order valence-electron chi connectivity index (χ2n) is 5.09. The number of carbonyl (C=O) groups is 1. The fourth-order valence-electron chi connectivity index (χ4n) is 1.88. The molecule has 4 nitrogen and oxygen atoms in total. The number of phenolic OH excluding ortho intramolecular Hbond substituents is 1. The lowest BCUT2D eigenvalue weighted by molar-refractivity contribution is -0.125. The van der Waals surface area contributed by atoms with Crippen molar-refractivity contribution in [3.63, 3.8) is 0 Å². The van der Waals surface area contributed by atoms with Gasteiger partial charge in [0.05, 0.1) is 0 Å². The third-order valence-corrected chi connectivity index (χ3v) is 3.24. The molecule has 1 amide bonds. The summed E-state index contributed by atoms with van der Waals surface area (Å²) in [5.41, 5.74) is 6.61. The van der Waals surface area contributed by atoms with Crippen LogP contribution >= 0.6 is 0 Å². The maximum atomic E-state index is 11.8. The van der Waals surface area contributed by atoms with Crippen molar-refractivity contribution in [2.24, 2.45) is 11.7 Å². The molecule has 1 aromatic carbocycles. The molecule has 0 aliphatic rings. The van der Waals surface area contributed by atoms with Gasteiger partial charge in [-0.1, -0.05) is 19.1 Å². The number of aryl methyl sites for hydroxylation is 1. The summed E-state index contributed by atoms with van der Waals surface area (Å²) in [6, 6.07) is 7.31. The van der Waals surface area contributed by atoms with Gasteiger partial charge in [-0.25, -0.2) is 0 Å². The minimum absolute atomic E-state index is 0.0267. The van der Waals surface area contributed by atoms with E-state index in [1.165, 1.54) is 0 Å². The summed E-state index contributed by atoms with van der Waals surface area (Å²) in [6.45, 7) is 4.44. The third-order valence-electron chi connectivity index (χ3n) is 3.24. The molecule has 0 bridgehead atoms. The molecule has 0 aliphatic carbocycles. The highest BCUT2D eigenvalue weighted by atomic mass is 16.3. The average Bonchev–Trinajstić information content (AvgIpc) is 2.38. The molecule has 0 saturated carbocycles. The first-order valence-electron chi connectivity index (χ1n) is 6.81. The van der Waals surface area contributed by atoms with Gasteiger partial charge < -0.3 is 16.2 Å². The molecule has 0 aliphatic heterocycles. The van der Waals surface area contributed by atoms with Gasteiger partial charge in [-0.2, -0.15) is 0 Å². The second-order valence-corrected chi connectivity index (χ2v) is 5.09. The molecule has 4 heteroatoms. The molecule has 106 valence electrons. The Kier molecular flexibility index (Phi) is 6.36. The smallest absolute Gasteiger partial charge is 0.223 e. The third kappa shape index (κ3) is 5.75. The van der Waals surface area contributed by atoms with Crippen LogP contribution in [0.15, 0.2) is 24.3 Å². The molecule has 0 spiro atoms. The van der Waals surface area contributed by atoms with Gasteiger partial charge in [0.15, 0.2) is 0 Å². The van der Waals surface area contributed by atoms with Gasteiger partial charge in [0.25, 0.3) is 0 Å². The minimum Gasteiger partial charge on any atom is -0.508 e. The maximum absolute atomic E-state index is 11.8. The molecular formula is C15H24N2O2. The van der Waals surface area contributed by atoms with E-state index >= 15 is 0 Å². The minimum atomic E-state index is -0.0267. The van der Waals surface area contributed by atoms with Gasteiger partial charge in [-0.15, -0.1) is 0 Å². The number of benzene rings is 1. The summed E-state index contributed by atoms with van der Waals surface area (Å²) in [5, 5.41) is 12.2. The summed E-state index contributed by atoms with van der Waals surface area (Å²) in [4.78, 5) is 11.8. The van der Waals surface area contributed by atoms with E-state index in [4.69, 9.17) is 5.73 Å². The number of hydrogen-bond donors (Lipinski definition) is 3. The van der Waals surface area contributed by atoms with Gasteiger partial charge in [0.1, 0.15) is 5.75 Å². The molecule has 0 heterocycles. The zero-order chi connectivity index (χ0) is 14.3. The Morgan fingerprint density at radius 3 is 2.47 bits per heavy atom. The van der Waals surface area contributed by atoms with Gasteiger partial charge in [0.2, 0.25) is 5.91 Å². The molecule has 2 unspecified atom stereocenters. The zero-order valence-electron chi connectivity index (χ0n) is 11.7. The summed E-state index contributed by atoms with van der Waals surface area (Å²) < 4.78 is 0. The lowest BCUT2D eigenvalue weighted by Gasteiger charge is -2.17. The number of nitrogens with one attached hydrogen (secondary N) is 1. The highest BCUT2D eigenvalue weighted by molar-refractivity contribution is 5.78. The van der Waals surface area contributed by atoms with Crippen LogP contribution in [0.2, 0.25) is 0 Å². The average molecular weight is 264 g/mol. The molecule has 1 aromatic rings. The Balaban J connectivity index is 2.33. The number of phenols is 1. The second kappa shape index (κ2) is 7.79. The zero-order valence-corrected chi connectivity index (χ0v) is 11.7. The fraction of sp³-hybridized carbons (Fsp3) is 0.533. The van der Waals surface area contributed by atoms with E-state index in [0.29, 0.717) is 6.54 Å². The van der Waals surface area contributed by atoms with Crippen molar-refractivity contribution >= 4 is 5.91 Å². The molecule has 19 heavy (non-hydrogen) atoms. The maximum Gasteiger partial charge on any atom is 0.223 e. The van der Waals surface area contributed by atoms with E-state index < -0.39 is 0 Å². The number of hydrogen-bond acceptors (Lipinski definition) is 3. The number of rotatable bonds is 7. The van der Waals surface area contributed by atoms with Crippen LogP contribution in [0.5, 0.6) is 5.75 Å². The molecule has 1 rings (SSSR count). The van der Waals surface area contributed by atoms with Crippen LogP contribution in [0.3, 0.4) is 0 Å². The highest BCUT2D eigenvalue weighted by Gasteiger charge is 2.14. The van der Waals surface area contributed by atoms with Crippen LogP contribution in [0.25, 0.3) is 0 Å². The quantitative estimate of drug-likeness (QED) is 0.703. The van der Waals surface area contributed by atoms with Crippen LogP contribution in [-0.2, 0) is 11.2 Å². The van der Waals surface area contributed by atoms with Crippen LogP contribution in [-0.4, -0.2) is 23.6 Å². The van der Waals surface area contributed by atoms with Crippen molar-refractivity contribution in [1.82, 2.24) is 5.32 Å². The SMILES string of the molecule is CC(CCc1ccc(O)cc1)NC(=O)C(C)CCN. The van der Waals surface area contributed by atoms with Gasteiger partial charge in [-0.05, 0) is 50.4 Å². The van der Waals surface area contributed by atoms with Gasteiger partial charge >= 0.3 is 0 Å². The number of aromatic hydroxyl groups is 1. The van der Waals surface area contributed by atoms with Crippen LogP contribution in [0, 0.1) is 5.92 Å². The van der Waals surface area contributed by atoms with E-state index in [1.54, 1.807) is 12.1 Å². The van der Waals surface area contributed by atoms with E-state index in [-0.39, 0.29) is 23.6 Å². The number of nitrogens with two attached hydrogens (primary N) is 1. The lowest BCUT2D eigenvalue weighted by atomic mass is 10.0. The first kappa shape index (κ1) is 15.5. The van der Waals surface area contributed by atoms with Crippen molar-refractivity contribution in [2.75, 3.05) is 6.54 Å². The molecule has 0 saturated heterocycles. The first-order chi connectivity index (χ1) is 9.02. The van der Waals surface area contributed by atoms with Crippen LogP contribution in [0.4, 0.5) is 0 Å². The molecule has 0 radical (unpaired) electrons. The van der Waals surface area contributed by atoms with Crippen molar-refractivity contribution in [1.29, 1.82) is 0 Å². The summed E-state index contributed by atoms with van der Waals surface area (Å²) >= 11 is 0. The predicted octanol–water partition coefficient (Wildman–Crippen LogP) is 1.81. The predicted molar refractivity (Wildman–Crippen MR) is 76.9 cm³/mol. The van der Waals surface area contributed by atoms with Crippen molar-refractivity contribution in [3.8, 4) is 5.75 Å². The van der Waals surface area contributed by atoms with E-state index in [0.717, 1.165) is 24.8 Å². The Morgan fingerprint density at radius 1 is 1.26 bits per heavy atom. The van der Waals surface area contributed by atoms with Crippen LogP contribution in [0.1, 0.15) is 32.3 Å². The lowest BCUT2D eigenvalue weighted by Crippen LogP contribution is -2.37. The molecular weight excluding hydrogens is 240 g/mol. The van der Waals surface area contributed by atoms with Crippen molar-refractivity contribution in [2.45, 2.75) is 39.2 Å². The molecule has 0 fully saturated rings. The Morgan fingerprint density at radius 2 is 1.89 bits per heavy atom. The highest BCUT2D eigenvalue weighted by Crippen LogP contribution is 2.12. The van der Waals surface area contributed by atoms with Gasteiger partial charge in [-0.3, -0.25) is 4.79 Å². The monoisotopic (exact) mass is 264 g/mol. The molecule has 2 atom stereocenters.